The normalized spacial score (nSPS) is 10.8. The summed E-state index contributed by atoms with van der Waals surface area (Å²) in [4.78, 5) is 21.8. The number of fused-ring (bicyclic) bond motifs is 1. The Kier molecular flexibility index (Phi) is 5.76. The highest BCUT2D eigenvalue weighted by atomic mass is 16.6. The van der Waals surface area contributed by atoms with Crippen LogP contribution in [-0.2, 0) is 9.53 Å². The topological polar surface area (TPSA) is 112 Å². The van der Waals surface area contributed by atoms with Crippen LogP contribution < -0.4 is 15.2 Å². The molecule has 3 aromatic rings. The average molecular weight is 388 g/mol. The number of rotatable bonds is 6. The van der Waals surface area contributed by atoms with Crippen molar-refractivity contribution in [2.75, 3.05) is 7.11 Å². The van der Waals surface area contributed by atoms with Crippen molar-refractivity contribution in [3.05, 3.63) is 71.5 Å². The first-order chi connectivity index (χ1) is 14.0. The van der Waals surface area contributed by atoms with Gasteiger partial charge in [-0.2, -0.15) is 5.26 Å². The fourth-order valence-corrected chi connectivity index (χ4v) is 2.80. The van der Waals surface area contributed by atoms with Crippen molar-refractivity contribution in [1.82, 2.24) is 0 Å². The average Bonchev–Trinajstić information content (AvgIpc) is 2.74. The molecule has 0 spiro atoms. The van der Waals surface area contributed by atoms with E-state index in [9.17, 15) is 14.9 Å². The van der Waals surface area contributed by atoms with Gasteiger partial charge in [0, 0.05) is 10.8 Å². The quantitative estimate of drug-likeness (QED) is 0.386. The molecule has 0 saturated heterocycles. The van der Waals surface area contributed by atoms with Crippen LogP contribution in [0.5, 0.6) is 17.2 Å². The van der Waals surface area contributed by atoms with Crippen LogP contribution in [0.1, 0.15) is 11.1 Å². The molecular weight excluding hydrogens is 372 g/mol. The zero-order valence-corrected chi connectivity index (χ0v) is 15.4. The Morgan fingerprint density at radius 2 is 1.76 bits per heavy atom. The lowest BCUT2D eigenvalue weighted by Gasteiger charge is -2.13. The Labute approximate surface area is 166 Å². The SMILES string of the molecule is COc1cc(/C=C(/C=O)OC(N)=O)ccc1Oc1ccc(C#N)c2ccccc12. The lowest BCUT2D eigenvalue weighted by molar-refractivity contribution is -0.106. The van der Waals surface area contributed by atoms with E-state index in [4.69, 9.17) is 15.2 Å². The molecule has 0 saturated carbocycles. The van der Waals surface area contributed by atoms with Gasteiger partial charge in [-0.15, -0.1) is 0 Å². The molecule has 29 heavy (non-hydrogen) atoms. The third-order valence-electron chi connectivity index (χ3n) is 4.06. The lowest BCUT2D eigenvalue weighted by atomic mass is 10.0. The molecule has 3 aromatic carbocycles. The van der Waals surface area contributed by atoms with E-state index >= 15 is 0 Å². The molecule has 0 bridgehead atoms. The molecular formula is C22H16N2O5. The highest BCUT2D eigenvalue weighted by Crippen LogP contribution is 2.37. The lowest BCUT2D eigenvalue weighted by Crippen LogP contribution is -2.13. The highest BCUT2D eigenvalue weighted by Gasteiger charge is 2.12. The molecule has 0 unspecified atom stereocenters. The molecule has 0 aliphatic carbocycles. The number of hydrogen-bond donors (Lipinski definition) is 1. The standard InChI is InChI=1S/C22H16N2O5/c1-27-21-11-14(10-16(13-25)28-22(24)26)6-8-20(21)29-19-9-7-15(12-23)17-4-2-3-5-18(17)19/h2-11,13H,1H3,(H2,24,26)/b16-10-. The van der Waals surface area contributed by atoms with Gasteiger partial charge >= 0.3 is 6.09 Å². The van der Waals surface area contributed by atoms with Gasteiger partial charge in [-0.3, -0.25) is 4.79 Å². The van der Waals surface area contributed by atoms with Crippen LogP contribution in [0.15, 0.2) is 60.4 Å². The van der Waals surface area contributed by atoms with Crippen LogP contribution in [-0.4, -0.2) is 19.5 Å². The Hall–Kier alpha value is -4.31. The predicted molar refractivity (Wildman–Crippen MR) is 106 cm³/mol. The number of hydrogen-bond acceptors (Lipinski definition) is 6. The van der Waals surface area contributed by atoms with Gasteiger partial charge in [-0.05, 0) is 35.9 Å². The molecule has 144 valence electrons. The van der Waals surface area contributed by atoms with E-state index in [0.29, 0.717) is 34.7 Å². The van der Waals surface area contributed by atoms with E-state index in [-0.39, 0.29) is 5.76 Å². The number of amides is 1. The molecule has 3 rings (SSSR count). The van der Waals surface area contributed by atoms with Crippen molar-refractivity contribution in [3.63, 3.8) is 0 Å². The third kappa shape index (κ3) is 4.34. The summed E-state index contributed by atoms with van der Waals surface area (Å²) in [5.41, 5.74) is 6.02. The summed E-state index contributed by atoms with van der Waals surface area (Å²) in [6.07, 6.45) is 0.647. The third-order valence-corrected chi connectivity index (χ3v) is 4.06. The monoisotopic (exact) mass is 388 g/mol. The Bertz CT molecular complexity index is 1160. The van der Waals surface area contributed by atoms with E-state index in [2.05, 4.69) is 10.8 Å². The number of nitrogens with zero attached hydrogens (tertiary/aromatic N) is 1. The summed E-state index contributed by atoms with van der Waals surface area (Å²) in [6.45, 7) is 0. The number of methoxy groups -OCH3 is 1. The summed E-state index contributed by atoms with van der Waals surface area (Å²) >= 11 is 0. The van der Waals surface area contributed by atoms with E-state index < -0.39 is 6.09 Å². The molecule has 0 radical (unpaired) electrons. The highest BCUT2D eigenvalue weighted by molar-refractivity contribution is 5.93. The molecule has 0 aliphatic heterocycles. The summed E-state index contributed by atoms with van der Waals surface area (Å²) in [5.74, 6) is 1.16. The molecule has 1 amide bonds. The molecule has 7 nitrogen and oxygen atoms in total. The van der Waals surface area contributed by atoms with Gasteiger partial charge in [0.15, 0.2) is 23.5 Å². The predicted octanol–water partition coefficient (Wildman–Crippen LogP) is 4.15. The number of aldehydes is 1. The van der Waals surface area contributed by atoms with Crippen molar-refractivity contribution < 1.29 is 23.8 Å². The van der Waals surface area contributed by atoms with Crippen LogP contribution in [0.4, 0.5) is 4.79 Å². The van der Waals surface area contributed by atoms with E-state index in [1.54, 1.807) is 30.3 Å². The van der Waals surface area contributed by atoms with Gasteiger partial charge in [0.25, 0.3) is 0 Å². The van der Waals surface area contributed by atoms with Crippen molar-refractivity contribution in [2.45, 2.75) is 0 Å². The Morgan fingerprint density at radius 3 is 2.41 bits per heavy atom. The molecule has 0 aromatic heterocycles. The molecule has 0 atom stereocenters. The Morgan fingerprint density at radius 1 is 1.03 bits per heavy atom. The van der Waals surface area contributed by atoms with Crippen molar-refractivity contribution in [2.24, 2.45) is 5.73 Å². The summed E-state index contributed by atoms with van der Waals surface area (Å²) < 4.78 is 16.0. The van der Waals surface area contributed by atoms with Gasteiger partial charge in [-0.1, -0.05) is 30.3 Å². The first kappa shape index (κ1) is 19.5. The second-order valence-electron chi connectivity index (χ2n) is 5.87. The van der Waals surface area contributed by atoms with Crippen LogP contribution >= 0.6 is 0 Å². The number of carbonyl (C=O) groups is 2. The maximum atomic E-state index is 11.0. The molecule has 0 heterocycles. The van der Waals surface area contributed by atoms with Crippen molar-refractivity contribution in [1.29, 1.82) is 5.26 Å². The maximum absolute atomic E-state index is 11.0. The van der Waals surface area contributed by atoms with Crippen LogP contribution in [0.3, 0.4) is 0 Å². The number of carbonyl (C=O) groups excluding carboxylic acids is 2. The number of allylic oxidation sites excluding steroid dienone is 1. The smallest absolute Gasteiger partial charge is 0.410 e. The molecule has 2 N–H and O–H groups in total. The van der Waals surface area contributed by atoms with Crippen molar-refractivity contribution in [3.8, 4) is 23.3 Å². The summed E-state index contributed by atoms with van der Waals surface area (Å²) in [7, 11) is 1.48. The van der Waals surface area contributed by atoms with Crippen LogP contribution in [0, 0.1) is 11.3 Å². The minimum Gasteiger partial charge on any atom is -0.493 e. The zero-order chi connectivity index (χ0) is 20.8. The van der Waals surface area contributed by atoms with E-state index in [1.165, 1.54) is 13.2 Å². The first-order valence-corrected chi connectivity index (χ1v) is 8.47. The fraction of sp³-hybridized carbons (Fsp3) is 0.0455. The number of nitrogens with two attached hydrogens (primary N) is 1. The number of nitriles is 1. The number of benzene rings is 3. The van der Waals surface area contributed by atoms with Gasteiger partial charge in [0.05, 0.1) is 18.7 Å². The second-order valence-corrected chi connectivity index (χ2v) is 5.87. The van der Waals surface area contributed by atoms with Gasteiger partial charge in [0.1, 0.15) is 5.75 Å². The van der Waals surface area contributed by atoms with Gasteiger partial charge < -0.3 is 19.9 Å². The van der Waals surface area contributed by atoms with Gasteiger partial charge in [-0.25, -0.2) is 4.79 Å². The minimum atomic E-state index is -1.08. The number of ether oxygens (including phenoxy) is 3. The maximum Gasteiger partial charge on any atom is 0.410 e. The largest absolute Gasteiger partial charge is 0.493 e. The zero-order valence-electron chi connectivity index (χ0n) is 15.4. The molecule has 7 heteroatoms. The van der Waals surface area contributed by atoms with Gasteiger partial charge in [0.2, 0.25) is 0 Å². The molecule has 0 fully saturated rings. The van der Waals surface area contributed by atoms with E-state index in [1.807, 2.05) is 24.3 Å². The van der Waals surface area contributed by atoms with E-state index in [0.717, 1.165) is 10.8 Å². The second kappa shape index (κ2) is 8.59. The van der Waals surface area contributed by atoms with Crippen LogP contribution in [0.25, 0.3) is 16.8 Å². The Balaban J connectivity index is 1.98. The number of primary amides is 1. The fourth-order valence-electron chi connectivity index (χ4n) is 2.80. The minimum absolute atomic E-state index is 0.230. The first-order valence-electron chi connectivity index (χ1n) is 8.47. The summed E-state index contributed by atoms with van der Waals surface area (Å²) in [5, 5.41) is 10.9. The summed E-state index contributed by atoms with van der Waals surface area (Å²) in [6, 6.07) is 18.0. The van der Waals surface area contributed by atoms with Crippen molar-refractivity contribution >= 4 is 29.2 Å². The van der Waals surface area contributed by atoms with Crippen LogP contribution in [0.2, 0.25) is 0 Å². The molecule has 0 aliphatic rings.